The molecule has 0 unspecified atom stereocenters. The van der Waals surface area contributed by atoms with Crippen LogP contribution in [0.2, 0.25) is 5.02 Å². The zero-order valence-electron chi connectivity index (χ0n) is 10.4. The summed E-state index contributed by atoms with van der Waals surface area (Å²) in [7, 11) is -3.57. The van der Waals surface area contributed by atoms with Crippen LogP contribution in [-0.2, 0) is 10.2 Å². The van der Waals surface area contributed by atoms with Gasteiger partial charge in [0.15, 0.2) is 0 Å². The molecule has 106 valence electrons. The molecule has 1 heterocycles. The molecule has 1 aliphatic rings. The van der Waals surface area contributed by atoms with E-state index in [1.165, 1.54) is 4.31 Å². The summed E-state index contributed by atoms with van der Waals surface area (Å²) >= 11 is 5.94. The molecule has 0 spiro atoms. The molecule has 0 atom stereocenters. The summed E-state index contributed by atoms with van der Waals surface area (Å²) in [4.78, 5) is 0. The number of nitrogens with zero attached hydrogens (tertiary/aromatic N) is 1. The highest BCUT2D eigenvalue weighted by Crippen LogP contribution is 2.24. The Labute approximate surface area is 118 Å². The van der Waals surface area contributed by atoms with Crippen LogP contribution in [0, 0.1) is 5.92 Å². The number of benzene rings is 1. The first-order valence-corrected chi connectivity index (χ1v) is 7.98. The molecule has 0 aliphatic carbocycles. The molecule has 0 amide bonds. The third-order valence-electron chi connectivity index (χ3n) is 3.28. The summed E-state index contributed by atoms with van der Waals surface area (Å²) < 4.78 is 28.3. The lowest BCUT2D eigenvalue weighted by Crippen LogP contribution is -2.42. The average Bonchev–Trinajstić information content (AvgIpc) is 2.41. The van der Waals surface area contributed by atoms with E-state index in [1.54, 1.807) is 24.3 Å². The largest absolute Gasteiger partial charge is 0.396 e. The minimum atomic E-state index is -3.57. The highest BCUT2D eigenvalue weighted by Gasteiger charge is 2.27. The third-order valence-corrected chi connectivity index (χ3v) is 5.14. The van der Waals surface area contributed by atoms with E-state index in [9.17, 15) is 8.42 Å². The van der Waals surface area contributed by atoms with E-state index in [2.05, 4.69) is 4.72 Å². The van der Waals surface area contributed by atoms with Gasteiger partial charge in [0.25, 0.3) is 0 Å². The second kappa shape index (κ2) is 6.09. The first-order valence-electron chi connectivity index (χ1n) is 6.16. The summed E-state index contributed by atoms with van der Waals surface area (Å²) in [6, 6.07) is 6.73. The summed E-state index contributed by atoms with van der Waals surface area (Å²) in [5.74, 6) is 0.201. The molecule has 0 saturated carbocycles. The number of aliphatic hydroxyl groups is 1. The molecule has 1 saturated heterocycles. The molecule has 1 fully saturated rings. The normalized spacial score (nSPS) is 18.4. The zero-order valence-corrected chi connectivity index (χ0v) is 12.0. The van der Waals surface area contributed by atoms with Gasteiger partial charge in [0.2, 0.25) is 0 Å². The van der Waals surface area contributed by atoms with Gasteiger partial charge < -0.3 is 5.11 Å². The van der Waals surface area contributed by atoms with Gasteiger partial charge in [-0.1, -0.05) is 23.7 Å². The van der Waals surface area contributed by atoms with Crippen molar-refractivity contribution in [1.82, 2.24) is 4.31 Å². The van der Waals surface area contributed by atoms with E-state index in [-0.39, 0.29) is 12.5 Å². The van der Waals surface area contributed by atoms with Gasteiger partial charge in [-0.2, -0.15) is 12.7 Å². The van der Waals surface area contributed by atoms with Crippen LogP contribution in [0.3, 0.4) is 0 Å². The number of para-hydroxylation sites is 1. The van der Waals surface area contributed by atoms with Crippen molar-refractivity contribution in [3.05, 3.63) is 29.3 Å². The van der Waals surface area contributed by atoms with Gasteiger partial charge in [-0.15, -0.1) is 0 Å². The predicted molar refractivity (Wildman–Crippen MR) is 75.4 cm³/mol. The van der Waals surface area contributed by atoms with Gasteiger partial charge in [0, 0.05) is 19.7 Å². The number of nitrogens with one attached hydrogen (secondary N) is 1. The first kappa shape index (κ1) is 14.6. The lowest BCUT2D eigenvalue weighted by Gasteiger charge is -2.30. The van der Waals surface area contributed by atoms with Crippen molar-refractivity contribution in [3.63, 3.8) is 0 Å². The lowest BCUT2D eigenvalue weighted by molar-refractivity contribution is 0.170. The summed E-state index contributed by atoms with van der Waals surface area (Å²) in [6.07, 6.45) is 1.36. The molecular formula is C12H17ClN2O3S. The van der Waals surface area contributed by atoms with E-state index in [0.717, 1.165) is 0 Å². The quantitative estimate of drug-likeness (QED) is 0.889. The van der Waals surface area contributed by atoms with Crippen LogP contribution in [0.15, 0.2) is 24.3 Å². The highest BCUT2D eigenvalue weighted by atomic mass is 35.5. The Bertz CT molecular complexity index is 528. The standard InChI is InChI=1S/C12H17ClN2O3S/c13-11-3-1-2-4-12(11)14-19(17,18)15-7-5-10(9-16)6-8-15/h1-4,10,14,16H,5-9H2. The molecule has 1 aliphatic heterocycles. The van der Waals surface area contributed by atoms with Crippen molar-refractivity contribution >= 4 is 27.5 Å². The van der Waals surface area contributed by atoms with Crippen molar-refractivity contribution in [2.45, 2.75) is 12.8 Å². The SMILES string of the molecule is O=S(=O)(Nc1ccccc1Cl)N1CCC(CO)CC1. The van der Waals surface area contributed by atoms with Crippen LogP contribution in [0.25, 0.3) is 0 Å². The van der Waals surface area contributed by atoms with E-state index < -0.39 is 10.2 Å². The summed E-state index contributed by atoms with van der Waals surface area (Å²) in [6.45, 7) is 0.960. The fraction of sp³-hybridized carbons (Fsp3) is 0.500. The number of anilines is 1. The van der Waals surface area contributed by atoms with E-state index in [0.29, 0.717) is 36.6 Å². The van der Waals surface area contributed by atoms with Crippen LogP contribution in [-0.4, -0.2) is 37.5 Å². The van der Waals surface area contributed by atoms with Crippen molar-refractivity contribution in [2.24, 2.45) is 5.92 Å². The first-order chi connectivity index (χ1) is 9.03. The maximum absolute atomic E-state index is 12.2. The monoisotopic (exact) mass is 304 g/mol. The Morgan fingerprint density at radius 1 is 1.32 bits per heavy atom. The van der Waals surface area contributed by atoms with Gasteiger partial charge >= 0.3 is 10.2 Å². The topological polar surface area (TPSA) is 69.6 Å². The minimum absolute atomic E-state index is 0.117. The molecule has 1 aromatic carbocycles. The molecule has 0 radical (unpaired) electrons. The Hall–Kier alpha value is -0.820. The zero-order chi connectivity index (χ0) is 13.9. The second-order valence-electron chi connectivity index (χ2n) is 4.61. The number of piperidine rings is 1. The van der Waals surface area contributed by atoms with Gasteiger partial charge in [0.05, 0.1) is 10.7 Å². The van der Waals surface area contributed by atoms with Crippen LogP contribution in [0.1, 0.15) is 12.8 Å². The summed E-state index contributed by atoms with van der Waals surface area (Å²) in [5, 5.41) is 9.42. The van der Waals surface area contributed by atoms with Crippen molar-refractivity contribution in [3.8, 4) is 0 Å². The number of aliphatic hydroxyl groups excluding tert-OH is 1. The maximum atomic E-state index is 12.2. The molecule has 0 bridgehead atoms. The Morgan fingerprint density at radius 3 is 2.53 bits per heavy atom. The average molecular weight is 305 g/mol. The Balaban J connectivity index is 2.05. The fourth-order valence-corrected chi connectivity index (χ4v) is 3.60. The van der Waals surface area contributed by atoms with Crippen LogP contribution < -0.4 is 4.72 Å². The molecule has 2 rings (SSSR count). The molecule has 0 aromatic heterocycles. The Kier molecular flexibility index (Phi) is 4.67. The minimum Gasteiger partial charge on any atom is -0.396 e. The molecule has 1 aromatic rings. The molecule has 7 heteroatoms. The number of rotatable bonds is 4. The lowest BCUT2D eigenvalue weighted by atomic mass is 10.00. The van der Waals surface area contributed by atoms with Crippen LogP contribution in [0.4, 0.5) is 5.69 Å². The Morgan fingerprint density at radius 2 is 1.95 bits per heavy atom. The molecule has 2 N–H and O–H groups in total. The predicted octanol–water partition coefficient (Wildman–Crippen LogP) is 1.70. The summed E-state index contributed by atoms with van der Waals surface area (Å²) in [5.41, 5.74) is 0.383. The van der Waals surface area contributed by atoms with E-state index in [1.807, 2.05) is 0 Å². The molecule has 19 heavy (non-hydrogen) atoms. The number of hydrogen-bond donors (Lipinski definition) is 2. The van der Waals surface area contributed by atoms with Crippen molar-refractivity contribution in [2.75, 3.05) is 24.4 Å². The van der Waals surface area contributed by atoms with E-state index in [4.69, 9.17) is 16.7 Å². The fourth-order valence-electron chi connectivity index (χ4n) is 2.08. The van der Waals surface area contributed by atoms with Crippen LogP contribution in [0.5, 0.6) is 0 Å². The van der Waals surface area contributed by atoms with Crippen molar-refractivity contribution in [1.29, 1.82) is 0 Å². The number of halogens is 1. The second-order valence-corrected chi connectivity index (χ2v) is 6.69. The third kappa shape index (κ3) is 3.60. The number of hydrogen-bond acceptors (Lipinski definition) is 3. The smallest absolute Gasteiger partial charge is 0.301 e. The maximum Gasteiger partial charge on any atom is 0.301 e. The van der Waals surface area contributed by atoms with Crippen molar-refractivity contribution < 1.29 is 13.5 Å². The van der Waals surface area contributed by atoms with Gasteiger partial charge in [-0.25, -0.2) is 0 Å². The van der Waals surface area contributed by atoms with Crippen LogP contribution >= 0.6 is 11.6 Å². The van der Waals surface area contributed by atoms with E-state index >= 15 is 0 Å². The molecule has 5 nitrogen and oxygen atoms in total. The van der Waals surface area contributed by atoms with Gasteiger partial charge in [0.1, 0.15) is 0 Å². The highest BCUT2D eigenvalue weighted by molar-refractivity contribution is 7.90. The molecular weight excluding hydrogens is 288 g/mol. The van der Waals surface area contributed by atoms with Gasteiger partial charge in [-0.3, -0.25) is 4.72 Å². The van der Waals surface area contributed by atoms with Gasteiger partial charge in [-0.05, 0) is 30.9 Å².